The minimum Gasteiger partial charge on any atom is -0.378 e. The van der Waals surface area contributed by atoms with Gasteiger partial charge in [-0.3, -0.25) is 14.9 Å². The fraction of sp³-hybridized carbons (Fsp3) is 0.529. The highest BCUT2D eigenvalue weighted by atomic mass is 16.5. The number of aromatic nitrogens is 4. The predicted octanol–water partition coefficient (Wildman–Crippen LogP) is 0.425. The molecule has 2 aromatic heterocycles. The molecule has 0 N–H and O–H groups in total. The van der Waals surface area contributed by atoms with Crippen molar-refractivity contribution in [2.75, 3.05) is 62.3 Å². The van der Waals surface area contributed by atoms with Crippen LogP contribution in [0.3, 0.4) is 0 Å². The quantitative estimate of drug-likeness (QED) is 0.793. The van der Waals surface area contributed by atoms with Crippen LogP contribution in [0.25, 0.3) is 0 Å². The van der Waals surface area contributed by atoms with E-state index in [9.17, 15) is 0 Å². The maximum atomic E-state index is 5.41. The third kappa shape index (κ3) is 4.02. The van der Waals surface area contributed by atoms with E-state index in [0.717, 1.165) is 76.5 Å². The van der Waals surface area contributed by atoms with Crippen molar-refractivity contribution in [2.24, 2.45) is 0 Å². The Hall–Kier alpha value is -2.32. The van der Waals surface area contributed by atoms with Gasteiger partial charge in [-0.15, -0.1) is 0 Å². The second kappa shape index (κ2) is 7.71. The average Bonchev–Trinajstić information content (AvgIpc) is 2.70. The van der Waals surface area contributed by atoms with Crippen LogP contribution in [-0.2, 0) is 11.3 Å². The van der Waals surface area contributed by atoms with Crippen molar-refractivity contribution in [2.45, 2.75) is 6.54 Å². The van der Waals surface area contributed by atoms with E-state index >= 15 is 0 Å². The molecule has 2 aliphatic heterocycles. The summed E-state index contributed by atoms with van der Waals surface area (Å²) in [6.07, 6.45) is 7.16. The lowest BCUT2D eigenvalue weighted by molar-refractivity contribution is 0.122. The van der Waals surface area contributed by atoms with E-state index < -0.39 is 0 Å². The zero-order valence-electron chi connectivity index (χ0n) is 14.3. The molecule has 0 spiro atoms. The van der Waals surface area contributed by atoms with E-state index in [4.69, 9.17) is 9.72 Å². The van der Waals surface area contributed by atoms with Gasteiger partial charge in [0.1, 0.15) is 5.82 Å². The number of hydrogen-bond donors (Lipinski definition) is 0. The molecule has 0 aliphatic carbocycles. The number of ether oxygens (including phenoxy) is 1. The first-order chi connectivity index (χ1) is 12.4. The van der Waals surface area contributed by atoms with Gasteiger partial charge in [0.25, 0.3) is 0 Å². The van der Waals surface area contributed by atoms with Crippen LogP contribution < -0.4 is 9.80 Å². The highest BCUT2D eigenvalue weighted by Crippen LogP contribution is 2.18. The molecule has 8 heteroatoms. The lowest BCUT2D eigenvalue weighted by Crippen LogP contribution is -2.46. The van der Waals surface area contributed by atoms with E-state index in [0.29, 0.717) is 0 Å². The van der Waals surface area contributed by atoms with Crippen LogP contribution in [-0.4, -0.2) is 77.3 Å². The summed E-state index contributed by atoms with van der Waals surface area (Å²) in [5.74, 6) is 1.82. The van der Waals surface area contributed by atoms with E-state index in [1.165, 1.54) is 0 Å². The van der Waals surface area contributed by atoms with Gasteiger partial charge < -0.3 is 14.5 Å². The number of piperazine rings is 1. The van der Waals surface area contributed by atoms with Crippen molar-refractivity contribution < 1.29 is 4.74 Å². The Bertz CT molecular complexity index is 670. The van der Waals surface area contributed by atoms with Crippen molar-refractivity contribution in [3.05, 3.63) is 36.5 Å². The monoisotopic (exact) mass is 341 g/mol. The van der Waals surface area contributed by atoms with Gasteiger partial charge in [-0.1, -0.05) is 0 Å². The molecular weight excluding hydrogens is 318 g/mol. The molecule has 4 heterocycles. The third-order valence-corrected chi connectivity index (χ3v) is 4.62. The first-order valence-electron chi connectivity index (χ1n) is 8.76. The Balaban J connectivity index is 1.36. The zero-order chi connectivity index (χ0) is 16.9. The number of hydrogen-bond acceptors (Lipinski definition) is 8. The third-order valence-electron chi connectivity index (χ3n) is 4.62. The minimum absolute atomic E-state index is 0.745. The zero-order valence-corrected chi connectivity index (χ0v) is 14.3. The van der Waals surface area contributed by atoms with Gasteiger partial charge in [0.15, 0.2) is 0 Å². The predicted molar refractivity (Wildman–Crippen MR) is 94.6 cm³/mol. The smallest absolute Gasteiger partial charge is 0.227 e. The fourth-order valence-corrected chi connectivity index (χ4v) is 3.21. The van der Waals surface area contributed by atoms with Crippen LogP contribution in [0.5, 0.6) is 0 Å². The molecule has 0 atom stereocenters. The van der Waals surface area contributed by atoms with E-state index in [1.807, 2.05) is 18.5 Å². The van der Waals surface area contributed by atoms with Gasteiger partial charge in [-0.25, -0.2) is 4.98 Å². The highest BCUT2D eigenvalue weighted by molar-refractivity contribution is 5.44. The largest absolute Gasteiger partial charge is 0.378 e. The molecule has 0 unspecified atom stereocenters. The fourth-order valence-electron chi connectivity index (χ4n) is 3.21. The van der Waals surface area contributed by atoms with Crippen molar-refractivity contribution in [1.29, 1.82) is 0 Å². The molecule has 0 saturated carbocycles. The summed E-state index contributed by atoms with van der Waals surface area (Å²) < 4.78 is 5.41. The normalized spacial score (nSPS) is 19.2. The van der Waals surface area contributed by atoms with Crippen LogP contribution in [0.2, 0.25) is 0 Å². The second-order valence-corrected chi connectivity index (χ2v) is 6.27. The van der Waals surface area contributed by atoms with Crippen molar-refractivity contribution in [1.82, 2.24) is 24.8 Å². The maximum Gasteiger partial charge on any atom is 0.227 e. The number of morpholine rings is 1. The first-order valence-corrected chi connectivity index (χ1v) is 8.76. The molecule has 4 rings (SSSR count). The summed E-state index contributed by atoms with van der Waals surface area (Å²) in [6.45, 7) is 7.96. The molecule has 8 nitrogen and oxygen atoms in total. The van der Waals surface area contributed by atoms with Gasteiger partial charge >= 0.3 is 0 Å². The molecule has 2 fully saturated rings. The Kier molecular flexibility index (Phi) is 4.98. The van der Waals surface area contributed by atoms with Crippen LogP contribution in [0.4, 0.5) is 11.8 Å². The highest BCUT2D eigenvalue weighted by Gasteiger charge is 2.20. The number of rotatable bonds is 4. The molecule has 0 amide bonds. The molecule has 0 radical (unpaired) electrons. The number of nitrogens with zero attached hydrogens (tertiary/aromatic N) is 7. The van der Waals surface area contributed by atoms with Gasteiger partial charge in [-0.2, -0.15) is 4.98 Å². The molecule has 2 aromatic rings. The Morgan fingerprint density at radius 3 is 2.48 bits per heavy atom. The molecule has 0 bridgehead atoms. The lowest BCUT2D eigenvalue weighted by Gasteiger charge is -2.35. The summed E-state index contributed by atoms with van der Waals surface area (Å²) in [6, 6.07) is 2.00. The summed E-state index contributed by atoms with van der Waals surface area (Å²) >= 11 is 0. The molecular formula is C17H23N7O. The minimum atomic E-state index is 0.745. The Morgan fingerprint density at radius 1 is 0.880 bits per heavy atom. The first kappa shape index (κ1) is 16.2. The second-order valence-electron chi connectivity index (χ2n) is 6.27. The van der Waals surface area contributed by atoms with Crippen molar-refractivity contribution in [3.63, 3.8) is 0 Å². The van der Waals surface area contributed by atoms with Gasteiger partial charge in [0.2, 0.25) is 5.95 Å². The van der Waals surface area contributed by atoms with Gasteiger partial charge in [-0.05, 0) is 6.07 Å². The van der Waals surface area contributed by atoms with Crippen LogP contribution in [0.15, 0.2) is 30.9 Å². The summed E-state index contributed by atoms with van der Waals surface area (Å²) in [5.41, 5.74) is 1.02. The summed E-state index contributed by atoms with van der Waals surface area (Å²) in [5, 5.41) is 0. The molecule has 132 valence electrons. The molecule has 25 heavy (non-hydrogen) atoms. The van der Waals surface area contributed by atoms with E-state index in [1.54, 1.807) is 12.4 Å². The van der Waals surface area contributed by atoms with Crippen molar-refractivity contribution in [3.8, 4) is 0 Å². The Morgan fingerprint density at radius 2 is 1.72 bits per heavy atom. The lowest BCUT2D eigenvalue weighted by atomic mass is 10.3. The van der Waals surface area contributed by atoms with E-state index in [-0.39, 0.29) is 0 Å². The SMILES string of the molecule is c1cnc(CN2CCN(c3ccnc(N4CCOCC4)n3)CC2)cn1. The summed E-state index contributed by atoms with van der Waals surface area (Å²) in [4.78, 5) is 24.6. The van der Waals surface area contributed by atoms with Crippen LogP contribution >= 0.6 is 0 Å². The van der Waals surface area contributed by atoms with E-state index in [2.05, 4.69) is 29.7 Å². The molecule has 0 aromatic carbocycles. The molecule has 2 aliphatic rings. The Labute approximate surface area is 147 Å². The van der Waals surface area contributed by atoms with Crippen molar-refractivity contribution >= 4 is 11.8 Å². The van der Waals surface area contributed by atoms with Crippen LogP contribution in [0, 0.1) is 0 Å². The summed E-state index contributed by atoms with van der Waals surface area (Å²) in [7, 11) is 0. The standard InChI is InChI=1S/C17H23N7O/c1-2-20-17(24-9-11-25-12-10-24)21-16(1)23-7-5-22(6-8-23)14-15-13-18-3-4-19-15/h1-4,13H,5-12,14H2. The maximum absolute atomic E-state index is 5.41. The molecule has 2 saturated heterocycles. The van der Waals surface area contributed by atoms with Gasteiger partial charge in [0, 0.05) is 70.6 Å². The topological polar surface area (TPSA) is 70.5 Å². The average molecular weight is 341 g/mol. The van der Waals surface area contributed by atoms with Gasteiger partial charge in [0.05, 0.1) is 18.9 Å². The van der Waals surface area contributed by atoms with Crippen LogP contribution in [0.1, 0.15) is 5.69 Å². The number of anilines is 2.